The smallest absolute Gasteiger partial charge is 0.252 e. The fraction of sp³-hybridized carbons (Fsp3) is 0.455. The zero-order chi connectivity index (χ0) is 13.8. The normalized spacial score (nSPS) is 12.0. The molecular formula is C11H17NO4S2. The molecule has 0 atom stereocenters. The predicted octanol–water partition coefficient (Wildman–Crippen LogP) is 0.718. The van der Waals surface area contributed by atoms with Crippen LogP contribution < -0.4 is 0 Å². The molecule has 0 fully saturated rings. The molecule has 0 aliphatic carbocycles. The molecule has 0 aliphatic rings. The van der Waals surface area contributed by atoms with Crippen molar-refractivity contribution in [2.75, 3.05) is 19.7 Å². The van der Waals surface area contributed by atoms with Gasteiger partial charge in [0.25, 0.3) is 10.0 Å². The van der Waals surface area contributed by atoms with Gasteiger partial charge >= 0.3 is 0 Å². The third-order valence-corrected chi connectivity index (χ3v) is 5.95. The zero-order valence-electron chi connectivity index (χ0n) is 10.2. The third kappa shape index (κ3) is 3.18. The van der Waals surface area contributed by atoms with E-state index in [4.69, 9.17) is 10.2 Å². The number of rotatable bonds is 7. The monoisotopic (exact) mass is 291 g/mol. The Bertz CT molecular complexity index is 507. The topological polar surface area (TPSA) is 77.8 Å². The van der Waals surface area contributed by atoms with Gasteiger partial charge in [-0.15, -0.1) is 17.9 Å². The molecule has 7 heteroatoms. The molecule has 1 rings (SSSR count). The molecule has 2 N–H and O–H groups in total. The summed E-state index contributed by atoms with van der Waals surface area (Å²) in [4.78, 5) is 0.635. The van der Waals surface area contributed by atoms with E-state index in [2.05, 4.69) is 6.58 Å². The summed E-state index contributed by atoms with van der Waals surface area (Å²) in [5, 5.41) is 18.0. The molecule has 5 nitrogen and oxygen atoms in total. The highest BCUT2D eigenvalue weighted by atomic mass is 32.2. The van der Waals surface area contributed by atoms with Gasteiger partial charge in [0, 0.05) is 18.0 Å². The summed E-state index contributed by atoms with van der Waals surface area (Å²) in [7, 11) is -3.63. The fourth-order valence-electron chi connectivity index (χ4n) is 1.47. The Morgan fingerprint density at radius 3 is 2.61 bits per heavy atom. The zero-order valence-corrected chi connectivity index (χ0v) is 11.8. The number of aliphatic hydroxyl groups is 2. The van der Waals surface area contributed by atoms with Gasteiger partial charge in [-0.3, -0.25) is 0 Å². The molecule has 0 saturated heterocycles. The minimum absolute atomic E-state index is 0.0275. The van der Waals surface area contributed by atoms with Crippen molar-refractivity contribution < 1.29 is 18.6 Å². The molecule has 0 aromatic carbocycles. The van der Waals surface area contributed by atoms with Crippen molar-refractivity contribution >= 4 is 21.4 Å². The minimum atomic E-state index is -3.63. The maximum absolute atomic E-state index is 12.3. The fourth-order valence-corrected chi connectivity index (χ4v) is 4.47. The summed E-state index contributed by atoms with van der Waals surface area (Å²) < 4.78 is 25.9. The first-order valence-corrected chi connectivity index (χ1v) is 7.65. The van der Waals surface area contributed by atoms with Gasteiger partial charge in [0.05, 0.1) is 13.2 Å². The van der Waals surface area contributed by atoms with Gasteiger partial charge < -0.3 is 10.2 Å². The lowest BCUT2D eigenvalue weighted by Crippen LogP contribution is -2.33. The molecule has 1 heterocycles. The first-order valence-electron chi connectivity index (χ1n) is 5.39. The van der Waals surface area contributed by atoms with Crippen LogP contribution in [0.25, 0.3) is 0 Å². The van der Waals surface area contributed by atoms with Gasteiger partial charge in [-0.05, 0) is 18.6 Å². The van der Waals surface area contributed by atoms with E-state index in [-0.39, 0.29) is 30.5 Å². The lowest BCUT2D eigenvalue weighted by Gasteiger charge is -2.18. The van der Waals surface area contributed by atoms with Crippen LogP contribution in [-0.2, 0) is 16.6 Å². The van der Waals surface area contributed by atoms with Gasteiger partial charge in [-0.25, -0.2) is 8.42 Å². The summed E-state index contributed by atoms with van der Waals surface area (Å²) in [5.74, 6) is 0. The Morgan fingerprint density at radius 1 is 1.50 bits per heavy atom. The van der Waals surface area contributed by atoms with E-state index in [9.17, 15) is 8.42 Å². The second-order valence-electron chi connectivity index (χ2n) is 3.71. The van der Waals surface area contributed by atoms with Crippen molar-refractivity contribution in [2.45, 2.75) is 17.7 Å². The number of sulfonamides is 1. The molecule has 1 aromatic rings. The van der Waals surface area contributed by atoms with Crippen LogP contribution in [0.5, 0.6) is 0 Å². The van der Waals surface area contributed by atoms with Crippen LogP contribution in [-0.4, -0.2) is 42.6 Å². The minimum Gasteiger partial charge on any atom is -0.395 e. The van der Waals surface area contributed by atoms with Crippen LogP contribution in [0.1, 0.15) is 10.4 Å². The molecule has 0 spiro atoms. The van der Waals surface area contributed by atoms with Gasteiger partial charge in [0.15, 0.2) is 0 Å². The van der Waals surface area contributed by atoms with Gasteiger partial charge in [-0.1, -0.05) is 6.08 Å². The largest absolute Gasteiger partial charge is 0.395 e. The summed E-state index contributed by atoms with van der Waals surface area (Å²) in [5.41, 5.74) is 0.753. The van der Waals surface area contributed by atoms with Crippen molar-refractivity contribution in [3.8, 4) is 0 Å². The summed E-state index contributed by atoms with van der Waals surface area (Å²) >= 11 is 1.05. The first kappa shape index (κ1) is 15.3. The Kier molecular flexibility index (Phi) is 5.48. The second kappa shape index (κ2) is 6.44. The van der Waals surface area contributed by atoms with E-state index < -0.39 is 10.0 Å². The summed E-state index contributed by atoms with van der Waals surface area (Å²) in [6.45, 7) is 5.02. The molecule has 0 aliphatic heterocycles. The number of aryl methyl sites for hydroxylation is 1. The standard InChI is InChI=1S/C11H17NO4S2/c1-3-4-12(5-6-13)18(15,16)11-7-9(2)10(8-14)17-11/h3,7,13-14H,1,4-6,8H2,2H3. The third-order valence-electron chi connectivity index (χ3n) is 2.42. The van der Waals surface area contributed by atoms with Crippen molar-refractivity contribution in [3.05, 3.63) is 29.2 Å². The van der Waals surface area contributed by atoms with Crippen molar-refractivity contribution in [1.29, 1.82) is 0 Å². The van der Waals surface area contributed by atoms with Crippen LogP contribution in [0.2, 0.25) is 0 Å². The lowest BCUT2D eigenvalue weighted by atomic mass is 10.3. The molecule has 0 unspecified atom stereocenters. The van der Waals surface area contributed by atoms with Crippen LogP contribution in [0.4, 0.5) is 0 Å². The number of aliphatic hydroxyl groups excluding tert-OH is 2. The molecule has 0 radical (unpaired) electrons. The Balaban J connectivity index is 3.12. The quantitative estimate of drug-likeness (QED) is 0.726. The van der Waals surface area contributed by atoms with Crippen molar-refractivity contribution in [1.82, 2.24) is 4.31 Å². The highest BCUT2D eigenvalue weighted by Crippen LogP contribution is 2.28. The average Bonchev–Trinajstić information content (AvgIpc) is 2.71. The number of hydrogen-bond acceptors (Lipinski definition) is 5. The maximum Gasteiger partial charge on any atom is 0.252 e. The number of thiophene rings is 1. The first-order chi connectivity index (χ1) is 8.47. The lowest BCUT2D eigenvalue weighted by molar-refractivity contribution is 0.260. The van der Waals surface area contributed by atoms with Crippen LogP contribution in [0.3, 0.4) is 0 Å². The van der Waals surface area contributed by atoms with Crippen LogP contribution in [0, 0.1) is 6.92 Å². The van der Waals surface area contributed by atoms with Gasteiger partial charge in [-0.2, -0.15) is 4.31 Å². The van der Waals surface area contributed by atoms with E-state index in [0.717, 1.165) is 21.2 Å². The summed E-state index contributed by atoms with van der Waals surface area (Å²) in [6.07, 6.45) is 1.47. The maximum atomic E-state index is 12.3. The Hall–Kier alpha value is -0.730. The predicted molar refractivity (Wildman–Crippen MR) is 71.0 cm³/mol. The Morgan fingerprint density at radius 2 is 2.17 bits per heavy atom. The van der Waals surface area contributed by atoms with E-state index >= 15 is 0 Å². The highest BCUT2D eigenvalue weighted by molar-refractivity contribution is 7.91. The molecular weight excluding hydrogens is 274 g/mol. The van der Waals surface area contributed by atoms with Crippen LogP contribution in [0.15, 0.2) is 22.9 Å². The summed E-state index contributed by atoms with van der Waals surface area (Å²) in [6, 6.07) is 1.54. The average molecular weight is 291 g/mol. The Labute approximate surface area is 111 Å². The molecule has 18 heavy (non-hydrogen) atoms. The van der Waals surface area contributed by atoms with Crippen LogP contribution >= 0.6 is 11.3 Å². The SMILES string of the molecule is C=CCN(CCO)S(=O)(=O)c1cc(C)c(CO)s1. The molecule has 0 bridgehead atoms. The van der Waals surface area contributed by atoms with E-state index in [1.165, 1.54) is 6.08 Å². The van der Waals surface area contributed by atoms with Gasteiger partial charge in [0.1, 0.15) is 4.21 Å². The van der Waals surface area contributed by atoms with E-state index in [1.54, 1.807) is 13.0 Å². The van der Waals surface area contributed by atoms with E-state index in [0.29, 0.717) is 4.88 Å². The van der Waals surface area contributed by atoms with E-state index in [1.807, 2.05) is 0 Å². The highest BCUT2D eigenvalue weighted by Gasteiger charge is 2.25. The number of hydrogen-bond donors (Lipinski definition) is 2. The van der Waals surface area contributed by atoms with Gasteiger partial charge in [0.2, 0.25) is 0 Å². The van der Waals surface area contributed by atoms with Crippen molar-refractivity contribution in [2.24, 2.45) is 0 Å². The molecule has 0 saturated carbocycles. The number of nitrogens with zero attached hydrogens (tertiary/aromatic N) is 1. The van der Waals surface area contributed by atoms with Crippen molar-refractivity contribution in [3.63, 3.8) is 0 Å². The second-order valence-corrected chi connectivity index (χ2v) is 7.01. The molecule has 0 amide bonds. The molecule has 102 valence electrons. The molecule has 1 aromatic heterocycles.